The smallest absolute Gasteiger partial charge is 0.167 e. The molecule has 3 heteroatoms. The van der Waals surface area contributed by atoms with Crippen molar-refractivity contribution < 1.29 is 4.79 Å². The molecule has 0 fully saturated rings. The van der Waals surface area contributed by atoms with Crippen molar-refractivity contribution in [2.24, 2.45) is 0 Å². The zero-order chi connectivity index (χ0) is 9.84. The van der Waals surface area contributed by atoms with Crippen LogP contribution in [0.15, 0.2) is 39.8 Å². The molecule has 0 aromatic heterocycles. The number of Topliss-reactive ketones (excluding diaryl/α,β-unsaturated/α-hetero) is 1. The van der Waals surface area contributed by atoms with E-state index in [0.29, 0.717) is 12.0 Å². The SMILES string of the molecule is C=CCC(=O)c1ccc(Br)cc1Br. The molecule has 0 atom stereocenters. The van der Waals surface area contributed by atoms with Crippen LogP contribution in [0.3, 0.4) is 0 Å². The third kappa shape index (κ3) is 2.78. The first-order valence-electron chi connectivity index (χ1n) is 3.74. The zero-order valence-corrected chi connectivity index (χ0v) is 10.1. The first kappa shape index (κ1) is 10.7. The summed E-state index contributed by atoms with van der Waals surface area (Å²) in [7, 11) is 0. The Hall–Kier alpha value is -0.410. The molecule has 0 aliphatic carbocycles. The quantitative estimate of drug-likeness (QED) is 0.610. The lowest BCUT2D eigenvalue weighted by Gasteiger charge is -2.01. The largest absolute Gasteiger partial charge is 0.294 e. The van der Waals surface area contributed by atoms with Gasteiger partial charge < -0.3 is 0 Å². The summed E-state index contributed by atoms with van der Waals surface area (Å²) in [5.41, 5.74) is 0.697. The summed E-state index contributed by atoms with van der Waals surface area (Å²) in [5.74, 6) is 0.0781. The van der Waals surface area contributed by atoms with Gasteiger partial charge in [-0.15, -0.1) is 6.58 Å². The summed E-state index contributed by atoms with van der Waals surface area (Å²) >= 11 is 6.66. The number of carbonyl (C=O) groups excluding carboxylic acids is 1. The monoisotopic (exact) mass is 302 g/mol. The first-order valence-corrected chi connectivity index (χ1v) is 5.33. The van der Waals surface area contributed by atoms with Crippen molar-refractivity contribution in [2.75, 3.05) is 0 Å². The summed E-state index contributed by atoms with van der Waals surface area (Å²) < 4.78 is 1.77. The molecule has 0 bridgehead atoms. The van der Waals surface area contributed by atoms with Crippen LogP contribution in [0.1, 0.15) is 16.8 Å². The molecule has 0 N–H and O–H groups in total. The molecule has 1 aromatic rings. The van der Waals surface area contributed by atoms with Crippen molar-refractivity contribution in [3.8, 4) is 0 Å². The molecular weight excluding hydrogens is 296 g/mol. The fourth-order valence-corrected chi connectivity index (χ4v) is 2.22. The van der Waals surface area contributed by atoms with Crippen LogP contribution in [0.25, 0.3) is 0 Å². The van der Waals surface area contributed by atoms with Crippen LogP contribution in [0.2, 0.25) is 0 Å². The summed E-state index contributed by atoms with van der Waals surface area (Å²) in [4.78, 5) is 11.5. The van der Waals surface area contributed by atoms with Gasteiger partial charge in [-0.1, -0.05) is 37.9 Å². The minimum atomic E-state index is 0.0781. The van der Waals surface area contributed by atoms with Gasteiger partial charge in [0.05, 0.1) is 0 Å². The van der Waals surface area contributed by atoms with E-state index < -0.39 is 0 Å². The van der Waals surface area contributed by atoms with E-state index in [1.807, 2.05) is 12.1 Å². The summed E-state index contributed by atoms with van der Waals surface area (Å²) in [6, 6.07) is 5.50. The Morgan fingerprint density at radius 3 is 2.69 bits per heavy atom. The van der Waals surface area contributed by atoms with Crippen LogP contribution in [0.5, 0.6) is 0 Å². The van der Waals surface area contributed by atoms with E-state index in [4.69, 9.17) is 0 Å². The van der Waals surface area contributed by atoms with Gasteiger partial charge in [-0.05, 0) is 18.2 Å². The Labute approximate surface area is 94.1 Å². The summed E-state index contributed by atoms with van der Waals surface area (Å²) in [6.07, 6.45) is 1.98. The van der Waals surface area contributed by atoms with E-state index in [2.05, 4.69) is 38.4 Å². The Morgan fingerprint density at radius 1 is 1.46 bits per heavy atom. The van der Waals surface area contributed by atoms with Crippen LogP contribution in [0.4, 0.5) is 0 Å². The molecule has 0 saturated carbocycles. The number of ketones is 1. The number of rotatable bonds is 3. The van der Waals surface area contributed by atoms with Gasteiger partial charge >= 0.3 is 0 Å². The van der Waals surface area contributed by atoms with Crippen LogP contribution >= 0.6 is 31.9 Å². The van der Waals surface area contributed by atoms with Gasteiger partial charge in [0.2, 0.25) is 0 Å². The maximum atomic E-state index is 11.5. The van der Waals surface area contributed by atoms with Crippen molar-refractivity contribution in [1.29, 1.82) is 0 Å². The van der Waals surface area contributed by atoms with E-state index >= 15 is 0 Å². The molecule has 68 valence electrons. The topological polar surface area (TPSA) is 17.1 Å². The van der Waals surface area contributed by atoms with Gasteiger partial charge in [-0.2, -0.15) is 0 Å². The van der Waals surface area contributed by atoms with E-state index in [9.17, 15) is 4.79 Å². The highest BCUT2D eigenvalue weighted by molar-refractivity contribution is 9.11. The highest BCUT2D eigenvalue weighted by Gasteiger charge is 2.07. The number of allylic oxidation sites excluding steroid dienone is 1. The second-order valence-electron chi connectivity index (χ2n) is 2.54. The van der Waals surface area contributed by atoms with Gasteiger partial charge in [-0.25, -0.2) is 0 Å². The average molecular weight is 304 g/mol. The lowest BCUT2D eigenvalue weighted by atomic mass is 10.1. The minimum absolute atomic E-state index is 0.0781. The van der Waals surface area contributed by atoms with Crippen LogP contribution in [0, 0.1) is 0 Å². The predicted molar refractivity (Wildman–Crippen MR) is 61.0 cm³/mol. The fraction of sp³-hybridized carbons (Fsp3) is 0.100. The van der Waals surface area contributed by atoms with Crippen LogP contribution in [-0.2, 0) is 0 Å². The lowest BCUT2D eigenvalue weighted by molar-refractivity contribution is 0.0995. The van der Waals surface area contributed by atoms with Crippen molar-refractivity contribution in [1.82, 2.24) is 0 Å². The lowest BCUT2D eigenvalue weighted by Crippen LogP contribution is -1.97. The number of carbonyl (C=O) groups is 1. The maximum Gasteiger partial charge on any atom is 0.167 e. The van der Waals surface area contributed by atoms with Crippen molar-refractivity contribution in [2.45, 2.75) is 6.42 Å². The average Bonchev–Trinajstić information content (AvgIpc) is 2.04. The molecule has 0 aliphatic heterocycles. The summed E-state index contributed by atoms with van der Waals surface area (Å²) in [5, 5.41) is 0. The Balaban J connectivity index is 3.01. The maximum absolute atomic E-state index is 11.5. The fourth-order valence-electron chi connectivity index (χ4n) is 0.957. The first-order chi connectivity index (χ1) is 6.15. The Kier molecular flexibility index (Phi) is 3.88. The molecule has 1 nitrogen and oxygen atoms in total. The zero-order valence-electron chi connectivity index (χ0n) is 6.89. The Morgan fingerprint density at radius 2 is 2.15 bits per heavy atom. The molecule has 1 aromatic carbocycles. The van der Waals surface area contributed by atoms with Crippen LogP contribution in [-0.4, -0.2) is 5.78 Å². The number of hydrogen-bond donors (Lipinski definition) is 0. The molecule has 0 radical (unpaired) electrons. The van der Waals surface area contributed by atoms with Crippen molar-refractivity contribution in [3.63, 3.8) is 0 Å². The second-order valence-corrected chi connectivity index (χ2v) is 4.31. The van der Waals surface area contributed by atoms with E-state index in [0.717, 1.165) is 8.95 Å². The number of benzene rings is 1. The molecule has 1 rings (SSSR count). The van der Waals surface area contributed by atoms with Gasteiger partial charge in [-0.3, -0.25) is 4.79 Å². The third-order valence-electron chi connectivity index (χ3n) is 1.56. The summed E-state index contributed by atoms with van der Waals surface area (Å²) in [6.45, 7) is 3.53. The predicted octanol–water partition coefficient (Wildman–Crippen LogP) is 3.97. The molecule has 0 amide bonds. The van der Waals surface area contributed by atoms with Gasteiger partial charge in [0.25, 0.3) is 0 Å². The van der Waals surface area contributed by atoms with Gasteiger partial charge in [0.1, 0.15) is 0 Å². The molecule has 0 unspecified atom stereocenters. The van der Waals surface area contributed by atoms with Gasteiger partial charge in [0.15, 0.2) is 5.78 Å². The number of hydrogen-bond acceptors (Lipinski definition) is 1. The van der Waals surface area contributed by atoms with Gasteiger partial charge in [0, 0.05) is 20.9 Å². The molecule has 0 aliphatic rings. The van der Waals surface area contributed by atoms with Crippen molar-refractivity contribution in [3.05, 3.63) is 45.4 Å². The molecule has 13 heavy (non-hydrogen) atoms. The van der Waals surface area contributed by atoms with E-state index in [-0.39, 0.29) is 5.78 Å². The van der Waals surface area contributed by atoms with Crippen molar-refractivity contribution >= 4 is 37.6 Å². The number of halogens is 2. The minimum Gasteiger partial charge on any atom is -0.294 e. The molecule has 0 heterocycles. The normalized spacial score (nSPS) is 9.69. The molecule has 0 spiro atoms. The third-order valence-corrected chi connectivity index (χ3v) is 2.71. The molecule has 0 saturated heterocycles. The van der Waals surface area contributed by atoms with E-state index in [1.165, 1.54) is 0 Å². The van der Waals surface area contributed by atoms with Crippen LogP contribution < -0.4 is 0 Å². The second kappa shape index (κ2) is 4.72. The highest BCUT2D eigenvalue weighted by atomic mass is 79.9. The highest BCUT2D eigenvalue weighted by Crippen LogP contribution is 2.22. The molecular formula is C10H8Br2O. The standard InChI is InChI=1S/C10H8Br2O/c1-2-3-10(13)8-5-4-7(11)6-9(8)12/h2,4-6H,1,3H2. The Bertz CT molecular complexity index is 345. The van der Waals surface area contributed by atoms with E-state index in [1.54, 1.807) is 12.1 Å².